The van der Waals surface area contributed by atoms with Crippen molar-refractivity contribution in [3.8, 4) is 0 Å². The smallest absolute Gasteiger partial charge is 0.280 e. The lowest BCUT2D eigenvalue weighted by molar-refractivity contribution is 0.595. The highest BCUT2D eigenvalue weighted by Crippen LogP contribution is 2.17. The van der Waals surface area contributed by atoms with Gasteiger partial charge in [0.2, 0.25) is 5.13 Å². The van der Waals surface area contributed by atoms with E-state index in [0.717, 1.165) is 11.3 Å². The van der Waals surface area contributed by atoms with Gasteiger partial charge in [0.25, 0.3) is 10.0 Å². The van der Waals surface area contributed by atoms with Gasteiger partial charge in [0.1, 0.15) is 5.51 Å². The molecule has 92 valence electrons. The number of nitrogens with one attached hydrogen (secondary N) is 3. The molecule has 0 amide bonds. The molecular weight excluding hydrogens is 264 g/mol. The molecule has 0 bridgehead atoms. The summed E-state index contributed by atoms with van der Waals surface area (Å²) in [6.45, 7) is 0.406. The van der Waals surface area contributed by atoms with Crippen molar-refractivity contribution in [2.24, 2.45) is 0 Å². The number of rotatable bonds is 5. The minimum absolute atomic E-state index is 0.0297. The highest BCUT2D eigenvalue weighted by Gasteiger charge is 2.21. The van der Waals surface area contributed by atoms with Gasteiger partial charge in [-0.1, -0.05) is 11.3 Å². The molecule has 3 N–H and O–H groups in total. The molecule has 0 fully saturated rings. The minimum Gasteiger partial charge on any atom is -0.316 e. The Hall–Kier alpha value is -1.52. The maximum Gasteiger partial charge on any atom is 0.280 e. The number of H-pyrrole nitrogens is 1. The van der Waals surface area contributed by atoms with Crippen molar-refractivity contribution in [2.45, 2.75) is 11.6 Å². The van der Waals surface area contributed by atoms with Gasteiger partial charge < -0.3 is 5.32 Å². The van der Waals surface area contributed by atoms with Crippen LogP contribution in [0.4, 0.5) is 5.13 Å². The van der Waals surface area contributed by atoms with E-state index in [0.29, 0.717) is 12.1 Å². The van der Waals surface area contributed by atoms with E-state index in [-0.39, 0.29) is 10.2 Å². The van der Waals surface area contributed by atoms with Gasteiger partial charge in [-0.15, -0.1) is 10.2 Å². The van der Waals surface area contributed by atoms with Gasteiger partial charge in [-0.2, -0.15) is 13.5 Å². The van der Waals surface area contributed by atoms with Gasteiger partial charge in [0.05, 0.1) is 6.20 Å². The summed E-state index contributed by atoms with van der Waals surface area (Å²) in [5.41, 5.74) is 2.00. The Morgan fingerprint density at radius 1 is 1.53 bits per heavy atom. The summed E-state index contributed by atoms with van der Waals surface area (Å²) >= 11 is 1.10. The van der Waals surface area contributed by atoms with Crippen LogP contribution >= 0.6 is 11.3 Å². The topological polar surface area (TPSA) is 113 Å². The SMILES string of the molecule is CNCc1cn[nH]c1S(=O)(=O)Nc1nncs1. The molecule has 0 saturated heterocycles. The molecule has 0 aliphatic rings. The molecule has 0 unspecified atom stereocenters. The van der Waals surface area contributed by atoms with Gasteiger partial charge in [-0.05, 0) is 7.05 Å². The monoisotopic (exact) mass is 274 g/mol. The fraction of sp³-hybridized carbons (Fsp3) is 0.286. The fourth-order valence-corrected chi connectivity index (χ4v) is 3.06. The van der Waals surface area contributed by atoms with Crippen molar-refractivity contribution in [1.82, 2.24) is 25.7 Å². The molecule has 10 heteroatoms. The maximum atomic E-state index is 12.0. The summed E-state index contributed by atoms with van der Waals surface area (Å²) in [5, 5.41) is 16.5. The number of sulfonamides is 1. The molecule has 0 radical (unpaired) electrons. The number of anilines is 1. The Kier molecular flexibility index (Phi) is 3.36. The van der Waals surface area contributed by atoms with Crippen molar-refractivity contribution < 1.29 is 8.42 Å². The van der Waals surface area contributed by atoms with Crippen molar-refractivity contribution in [2.75, 3.05) is 11.8 Å². The zero-order valence-electron chi connectivity index (χ0n) is 8.84. The van der Waals surface area contributed by atoms with E-state index in [1.165, 1.54) is 11.7 Å². The van der Waals surface area contributed by atoms with E-state index in [9.17, 15) is 8.42 Å². The number of nitrogens with zero attached hydrogens (tertiary/aromatic N) is 3. The average Bonchev–Trinajstić information content (AvgIpc) is 2.88. The van der Waals surface area contributed by atoms with Crippen molar-refractivity contribution in [3.63, 3.8) is 0 Å². The zero-order chi connectivity index (χ0) is 12.3. The lowest BCUT2D eigenvalue weighted by Gasteiger charge is -2.04. The zero-order valence-corrected chi connectivity index (χ0v) is 10.5. The first-order valence-electron chi connectivity index (χ1n) is 4.59. The van der Waals surface area contributed by atoms with E-state index < -0.39 is 10.0 Å². The molecular formula is C7H10N6O2S2. The van der Waals surface area contributed by atoms with Crippen molar-refractivity contribution in [1.29, 1.82) is 0 Å². The largest absolute Gasteiger partial charge is 0.316 e. The second kappa shape index (κ2) is 4.77. The third-order valence-electron chi connectivity index (χ3n) is 1.90. The summed E-state index contributed by atoms with van der Waals surface area (Å²) in [6.07, 6.45) is 1.46. The van der Waals surface area contributed by atoms with Gasteiger partial charge in [0.15, 0.2) is 5.03 Å². The maximum absolute atomic E-state index is 12.0. The molecule has 0 atom stereocenters. The second-order valence-corrected chi connectivity index (χ2v) is 5.56. The van der Waals surface area contributed by atoms with E-state index in [1.54, 1.807) is 7.05 Å². The van der Waals surface area contributed by atoms with Crippen LogP contribution in [0.25, 0.3) is 0 Å². The van der Waals surface area contributed by atoms with E-state index in [1.807, 2.05) is 0 Å². The molecule has 0 aliphatic heterocycles. The van der Waals surface area contributed by atoms with Crippen molar-refractivity contribution >= 4 is 26.5 Å². The summed E-state index contributed by atoms with van der Waals surface area (Å²) in [6, 6.07) is 0. The molecule has 8 nitrogen and oxygen atoms in total. The second-order valence-electron chi connectivity index (χ2n) is 3.10. The van der Waals surface area contributed by atoms with Crippen molar-refractivity contribution in [3.05, 3.63) is 17.3 Å². The number of hydrogen-bond acceptors (Lipinski definition) is 7. The number of aromatic amines is 1. The summed E-state index contributed by atoms with van der Waals surface area (Å²) in [4.78, 5) is 0. The average molecular weight is 274 g/mol. The number of aromatic nitrogens is 4. The van der Waals surface area contributed by atoms with E-state index in [4.69, 9.17) is 0 Å². The molecule has 2 aromatic rings. The molecule has 2 rings (SSSR count). The predicted octanol–water partition coefficient (Wildman–Crippen LogP) is -0.219. The van der Waals surface area contributed by atoms with Crippen LogP contribution < -0.4 is 10.0 Å². The lowest BCUT2D eigenvalue weighted by atomic mass is 10.4. The molecule has 0 spiro atoms. The Morgan fingerprint density at radius 3 is 3.00 bits per heavy atom. The molecule has 0 aromatic carbocycles. The van der Waals surface area contributed by atoms with Crippen LogP contribution in [-0.4, -0.2) is 35.9 Å². The van der Waals surface area contributed by atoms with Crippen LogP contribution in [0.5, 0.6) is 0 Å². The van der Waals surface area contributed by atoms with Crippen LogP contribution in [0.1, 0.15) is 5.56 Å². The van der Waals surface area contributed by atoms with Crippen LogP contribution in [-0.2, 0) is 16.6 Å². The van der Waals surface area contributed by atoms with E-state index >= 15 is 0 Å². The third kappa shape index (κ3) is 2.60. The quantitative estimate of drug-likeness (QED) is 0.695. The predicted molar refractivity (Wildman–Crippen MR) is 62.1 cm³/mol. The van der Waals surface area contributed by atoms with Gasteiger partial charge in [0, 0.05) is 12.1 Å². The molecule has 0 saturated carbocycles. The Labute approximate surface area is 102 Å². The Balaban J connectivity index is 2.28. The first-order chi connectivity index (χ1) is 8.13. The fourth-order valence-electron chi connectivity index (χ4n) is 1.23. The highest BCUT2D eigenvalue weighted by atomic mass is 32.2. The van der Waals surface area contributed by atoms with Crippen LogP contribution in [0, 0.1) is 0 Å². The normalized spacial score (nSPS) is 11.6. The van der Waals surface area contributed by atoms with Gasteiger partial charge >= 0.3 is 0 Å². The Morgan fingerprint density at radius 2 is 2.35 bits per heavy atom. The first kappa shape index (κ1) is 12.0. The van der Waals surface area contributed by atoms with Crippen LogP contribution in [0.15, 0.2) is 16.7 Å². The van der Waals surface area contributed by atoms with Gasteiger partial charge in [-0.25, -0.2) is 0 Å². The first-order valence-corrected chi connectivity index (χ1v) is 6.95. The Bertz CT molecular complexity index is 575. The van der Waals surface area contributed by atoms with Gasteiger partial charge in [-0.3, -0.25) is 9.82 Å². The van der Waals surface area contributed by atoms with E-state index in [2.05, 4.69) is 30.4 Å². The molecule has 0 aliphatic carbocycles. The number of hydrogen-bond donors (Lipinski definition) is 3. The third-order valence-corrected chi connectivity index (χ3v) is 3.98. The summed E-state index contributed by atoms with van der Waals surface area (Å²) < 4.78 is 26.3. The lowest BCUT2D eigenvalue weighted by Crippen LogP contribution is -2.17. The summed E-state index contributed by atoms with van der Waals surface area (Å²) in [5.74, 6) is 0. The van der Waals surface area contributed by atoms with Crippen LogP contribution in [0.3, 0.4) is 0 Å². The molecule has 17 heavy (non-hydrogen) atoms. The summed E-state index contributed by atoms with van der Waals surface area (Å²) in [7, 11) is -1.97. The molecule has 2 aromatic heterocycles. The standard InChI is InChI=1S/C7H10N6O2S2/c1-8-2-5-3-9-11-6(5)17(14,15)13-7-12-10-4-16-7/h3-4,8H,2H2,1H3,(H,9,11)(H,12,13). The minimum atomic E-state index is -3.69. The molecule has 2 heterocycles. The van der Waals surface area contributed by atoms with Crippen LogP contribution in [0.2, 0.25) is 0 Å². The highest BCUT2D eigenvalue weighted by molar-refractivity contribution is 7.92.